The summed E-state index contributed by atoms with van der Waals surface area (Å²) in [7, 11) is 1.58. The molecule has 6 nitrogen and oxygen atoms in total. The standard InChI is InChI=1S/C22H20ClN3O3S/c1-12-3-6-14(23)11-17(12)24-21(28)16-9-10-18-19(16)25-22(30-18)26-20(27)13-4-7-15(29-2)8-5-13/h3-8,11,16H,9-10H2,1-2H3,(H,24,28)(H,25,26,27). The number of hydrogen-bond acceptors (Lipinski definition) is 5. The van der Waals surface area contributed by atoms with Crippen LogP contribution in [-0.2, 0) is 11.2 Å². The maximum absolute atomic E-state index is 12.9. The van der Waals surface area contributed by atoms with Crippen LogP contribution in [0.3, 0.4) is 0 Å². The third-order valence-corrected chi connectivity index (χ3v) is 6.35. The Kier molecular flexibility index (Phi) is 5.74. The molecule has 0 fully saturated rings. The van der Waals surface area contributed by atoms with Crippen molar-refractivity contribution in [2.75, 3.05) is 17.7 Å². The van der Waals surface area contributed by atoms with Crippen molar-refractivity contribution in [1.29, 1.82) is 0 Å². The first-order valence-corrected chi connectivity index (χ1v) is 10.7. The van der Waals surface area contributed by atoms with Gasteiger partial charge in [-0.2, -0.15) is 0 Å². The van der Waals surface area contributed by atoms with E-state index in [9.17, 15) is 9.59 Å². The Morgan fingerprint density at radius 1 is 1.17 bits per heavy atom. The molecular formula is C22H20ClN3O3S. The molecule has 0 spiro atoms. The maximum Gasteiger partial charge on any atom is 0.257 e. The monoisotopic (exact) mass is 441 g/mol. The number of anilines is 2. The van der Waals surface area contributed by atoms with Gasteiger partial charge in [-0.25, -0.2) is 4.98 Å². The molecule has 4 rings (SSSR count). The third kappa shape index (κ3) is 4.17. The molecule has 0 radical (unpaired) electrons. The topological polar surface area (TPSA) is 80.3 Å². The Hall–Kier alpha value is -2.90. The highest BCUT2D eigenvalue weighted by molar-refractivity contribution is 7.16. The number of fused-ring (bicyclic) bond motifs is 1. The number of methoxy groups -OCH3 is 1. The first kappa shape index (κ1) is 20.4. The van der Waals surface area contributed by atoms with Gasteiger partial charge in [0.15, 0.2) is 5.13 Å². The van der Waals surface area contributed by atoms with E-state index in [0.717, 1.165) is 22.6 Å². The first-order valence-electron chi connectivity index (χ1n) is 9.46. The van der Waals surface area contributed by atoms with E-state index in [2.05, 4.69) is 15.6 Å². The minimum absolute atomic E-state index is 0.113. The van der Waals surface area contributed by atoms with E-state index >= 15 is 0 Å². The van der Waals surface area contributed by atoms with Crippen molar-refractivity contribution in [3.63, 3.8) is 0 Å². The predicted octanol–water partition coefficient (Wildman–Crippen LogP) is 5.03. The molecule has 1 aromatic heterocycles. The van der Waals surface area contributed by atoms with Crippen LogP contribution in [0.15, 0.2) is 42.5 Å². The van der Waals surface area contributed by atoms with Gasteiger partial charge in [-0.05, 0) is 61.7 Å². The minimum atomic E-state index is -0.346. The molecule has 0 saturated carbocycles. The summed E-state index contributed by atoms with van der Waals surface area (Å²) in [6, 6.07) is 12.3. The third-order valence-electron chi connectivity index (χ3n) is 5.06. The first-order chi connectivity index (χ1) is 14.4. The molecule has 1 aliphatic rings. The van der Waals surface area contributed by atoms with Crippen molar-refractivity contribution in [3.8, 4) is 5.75 Å². The van der Waals surface area contributed by atoms with Gasteiger partial charge >= 0.3 is 0 Å². The summed E-state index contributed by atoms with van der Waals surface area (Å²) in [5, 5.41) is 6.86. The van der Waals surface area contributed by atoms with Crippen LogP contribution in [0.5, 0.6) is 5.75 Å². The molecule has 1 aliphatic carbocycles. The molecule has 0 bridgehead atoms. The number of hydrogen-bond donors (Lipinski definition) is 2. The van der Waals surface area contributed by atoms with Gasteiger partial charge in [-0.1, -0.05) is 17.7 Å². The number of nitrogens with zero attached hydrogens (tertiary/aromatic N) is 1. The Balaban J connectivity index is 1.47. The molecule has 30 heavy (non-hydrogen) atoms. The van der Waals surface area contributed by atoms with Gasteiger partial charge in [0.2, 0.25) is 5.91 Å². The number of halogens is 1. The minimum Gasteiger partial charge on any atom is -0.497 e. The van der Waals surface area contributed by atoms with Crippen LogP contribution in [-0.4, -0.2) is 23.9 Å². The maximum atomic E-state index is 12.9. The largest absolute Gasteiger partial charge is 0.497 e. The molecule has 2 amide bonds. The molecule has 1 unspecified atom stereocenters. The second-order valence-electron chi connectivity index (χ2n) is 7.05. The van der Waals surface area contributed by atoms with Gasteiger partial charge in [-0.15, -0.1) is 11.3 Å². The molecule has 1 heterocycles. The average Bonchev–Trinajstić information content (AvgIpc) is 3.30. The zero-order valence-corrected chi connectivity index (χ0v) is 18.1. The second-order valence-corrected chi connectivity index (χ2v) is 8.57. The van der Waals surface area contributed by atoms with Crippen LogP contribution in [0.2, 0.25) is 5.02 Å². The molecule has 0 aliphatic heterocycles. The Bertz CT molecular complexity index is 1110. The number of ether oxygens (including phenoxy) is 1. The van der Waals surface area contributed by atoms with Gasteiger partial charge in [-0.3, -0.25) is 14.9 Å². The molecule has 2 N–H and O–H groups in total. The van der Waals surface area contributed by atoms with Crippen LogP contribution in [0, 0.1) is 6.92 Å². The van der Waals surface area contributed by atoms with E-state index < -0.39 is 0 Å². The summed E-state index contributed by atoms with van der Waals surface area (Å²) in [6.45, 7) is 1.92. The van der Waals surface area contributed by atoms with E-state index in [1.54, 1.807) is 43.5 Å². The fourth-order valence-corrected chi connectivity index (χ4v) is 4.60. The van der Waals surface area contributed by atoms with Crippen molar-refractivity contribution in [3.05, 3.63) is 69.2 Å². The number of aromatic nitrogens is 1. The fourth-order valence-electron chi connectivity index (χ4n) is 3.40. The SMILES string of the molecule is COc1ccc(C(=O)Nc2nc3c(s2)CCC3C(=O)Nc2cc(Cl)ccc2C)cc1. The number of rotatable bonds is 5. The molecule has 154 valence electrons. The van der Waals surface area contributed by atoms with Gasteiger partial charge in [0, 0.05) is 21.2 Å². The Morgan fingerprint density at radius 2 is 1.93 bits per heavy atom. The highest BCUT2D eigenvalue weighted by Crippen LogP contribution is 2.39. The van der Waals surface area contributed by atoms with Crippen LogP contribution >= 0.6 is 22.9 Å². The van der Waals surface area contributed by atoms with Crippen molar-refractivity contribution in [2.24, 2.45) is 0 Å². The van der Waals surface area contributed by atoms with E-state index in [0.29, 0.717) is 33.6 Å². The number of carbonyl (C=O) groups is 2. The van der Waals surface area contributed by atoms with E-state index in [4.69, 9.17) is 16.3 Å². The lowest BCUT2D eigenvalue weighted by atomic mass is 10.1. The van der Waals surface area contributed by atoms with Crippen LogP contribution in [0.1, 0.15) is 38.8 Å². The Morgan fingerprint density at radius 3 is 2.67 bits per heavy atom. The zero-order valence-electron chi connectivity index (χ0n) is 16.5. The summed E-state index contributed by atoms with van der Waals surface area (Å²) in [4.78, 5) is 30.9. The second kappa shape index (κ2) is 8.45. The van der Waals surface area contributed by atoms with Crippen LogP contribution in [0.25, 0.3) is 0 Å². The molecule has 8 heteroatoms. The lowest BCUT2D eigenvalue weighted by Crippen LogP contribution is -2.20. The number of nitrogens with one attached hydrogen (secondary N) is 2. The van der Waals surface area contributed by atoms with Gasteiger partial charge < -0.3 is 10.1 Å². The Labute approximate surface area is 183 Å². The van der Waals surface area contributed by atoms with Crippen molar-refractivity contribution < 1.29 is 14.3 Å². The lowest BCUT2D eigenvalue weighted by Gasteiger charge is -2.13. The number of amides is 2. The lowest BCUT2D eigenvalue weighted by molar-refractivity contribution is -0.117. The summed E-state index contributed by atoms with van der Waals surface area (Å²) in [6.07, 6.45) is 1.46. The molecule has 0 saturated heterocycles. The van der Waals surface area contributed by atoms with Crippen molar-refractivity contribution in [1.82, 2.24) is 4.98 Å². The molecular weight excluding hydrogens is 422 g/mol. The zero-order chi connectivity index (χ0) is 21.3. The normalized spacial score (nSPS) is 14.8. The quantitative estimate of drug-likeness (QED) is 0.581. The van der Waals surface area contributed by atoms with E-state index in [1.807, 2.05) is 13.0 Å². The van der Waals surface area contributed by atoms with Crippen LogP contribution < -0.4 is 15.4 Å². The summed E-state index contributed by atoms with van der Waals surface area (Å²) < 4.78 is 5.11. The number of thiazole rings is 1. The molecule has 1 atom stereocenters. The smallest absolute Gasteiger partial charge is 0.257 e. The number of carbonyl (C=O) groups excluding carboxylic acids is 2. The summed E-state index contributed by atoms with van der Waals surface area (Å²) in [5.41, 5.74) is 2.89. The predicted molar refractivity (Wildman–Crippen MR) is 119 cm³/mol. The average molecular weight is 442 g/mol. The van der Waals surface area contributed by atoms with Crippen molar-refractivity contribution in [2.45, 2.75) is 25.7 Å². The fraction of sp³-hybridized carbons (Fsp3) is 0.227. The molecule has 3 aromatic rings. The number of aryl methyl sites for hydroxylation is 2. The van der Waals surface area contributed by atoms with Crippen molar-refractivity contribution >= 4 is 45.6 Å². The highest BCUT2D eigenvalue weighted by Gasteiger charge is 2.33. The van der Waals surface area contributed by atoms with Gasteiger partial charge in [0.25, 0.3) is 5.91 Å². The number of benzene rings is 2. The summed E-state index contributed by atoms with van der Waals surface area (Å²) >= 11 is 7.47. The highest BCUT2D eigenvalue weighted by atomic mass is 35.5. The van der Waals surface area contributed by atoms with Gasteiger partial charge in [0.05, 0.1) is 18.7 Å². The van der Waals surface area contributed by atoms with Crippen LogP contribution in [0.4, 0.5) is 10.8 Å². The molecule has 2 aromatic carbocycles. The summed E-state index contributed by atoms with van der Waals surface area (Å²) in [5.74, 6) is -0.0251. The van der Waals surface area contributed by atoms with E-state index in [1.165, 1.54) is 11.3 Å². The van der Waals surface area contributed by atoms with E-state index in [-0.39, 0.29) is 17.7 Å². The van der Waals surface area contributed by atoms with Gasteiger partial charge in [0.1, 0.15) is 5.75 Å².